The Hall–Kier alpha value is -3.50. The van der Waals surface area contributed by atoms with Crippen molar-refractivity contribution in [2.75, 3.05) is 18.5 Å². The number of nitrogens with two attached hydrogens (primary N) is 1. The minimum atomic E-state index is -1.30. The molecule has 2 aromatic heterocycles. The van der Waals surface area contributed by atoms with E-state index in [4.69, 9.17) is 15.6 Å². The molecule has 0 bridgehead atoms. The van der Waals surface area contributed by atoms with Gasteiger partial charge in [-0.1, -0.05) is 6.07 Å². The fraction of sp³-hybridized carbons (Fsp3) is 0.263. The maximum atomic E-state index is 11.0. The lowest BCUT2D eigenvalue weighted by molar-refractivity contribution is -0.126. The number of ether oxygens (including phenoxy) is 1. The maximum Gasteiger partial charge on any atom is 0.248 e. The van der Waals surface area contributed by atoms with E-state index in [1.54, 1.807) is 24.7 Å². The summed E-state index contributed by atoms with van der Waals surface area (Å²) in [4.78, 5) is 19.4. The molecular formula is C19H22N6O4. The minimum Gasteiger partial charge on any atom is -0.475 e. The fourth-order valence-electron chi connectivity index (χ4n) is 2.66. The average Bonchev–Trinajstić information content (AvgIpc) is 3.14. The van der Waals surface area contributed by atoms with Gasteiger partial charge in [0.15, 0.2) is 6.10 Å². The van der Waals surface area contributed by atoms with Crippen LogP contribution in [0.1, 0.15) is 5.56 Å². The van der Waals surface area contributed by atoms with Crippen molar-refractivity contribution in [1.82, 2.24) is 19.7 Å². The van der Waals surface area contributed by atoms with E-state index in [0.29, 0.717) is 11.8 Å². The Labute approximate surface area is 167 Å². The zero-order valence-electron chi connectivity index (χ0n) is 15.8. The van der Waals surface area contributed by atoms with Gasteiger partial charge >= 0.3 is 0 Å². The number of nitrogens with one attached hydrogen (secondary N) is 1. The number of aliphatic hydroxyl groups is 2. The summed E-state index contributed by atoms with van der Waals surface area (Å²) in [6.07, 6.45) is 3.64. The maximum absolute atomic E-state index is 11.0. The fourth-order valence-corrected chi connectivity index (χ4v) is 2.66. The number of carbonyl (C=O) groups excluding carboxylic acids is 1. The predicted molar refractivity (Wildman–Crippen MR) is 105 cm³/mol. The van der Waals surface area contributed by atoms with Crippen LogP contribution in [-0.4, -0.2) is 55.2 Å². The molecule has 0 aliphatic rings. The Bertz CT molecular complexity index is 990. The van der Waals surface area contributed by atoms with Gasteiger partial charge in [0.2, 0.25) is 17.7 Å². The number of aryl methyl sites for hydroxylation is 1. The van der Waals surface area contributed by atoms with E-state index in [9.17, 15) is 9.90 Å². The molecule has 10 nitrogen and oxygen atoms in total. The summed E-state index contributed by atoms with van der Waals surface area (Å²) < 4.78 is 6.76. The van der Waals surface area contributed by atoms with Crippen LogP contribution in [0.5, 0.6) is 5.88 Å². The first-order valence-electron chi connectivity index (χ1n) is 8.90. The smallest absolute Gasteiger partial charge is 0.248 e. The molecule has 1 aromatic carbocycles. The highest BCUT2D eigenvalue weighted by Crippen LogP contribution is 2.26. The number of aliphatic hydroxyl groups excluding tert-OH is 2. The van der Waals surface area contributed by atoms with Crippen molar-refractivity contribution in [2.24, 2.45) is 5.73 Å². The molecule has 0 saturated heterocycles. The second-order valence-electron chi connectivity index (χ2n) is 6.37. The molecule has 29 heavy (non-hydrogen) atoms. The zero-order valence-corrected chi connectivity index (χ0v) is 15.8. The topological polar surface area (TPSA) is 148 Å². The zero-order chi connectivity index (χ0) is 20.8. The van der Waals surface area contributed by atoms with E-state index in [0.717, 1.165) is 22.4 Å². The van der Waals surface area contributed by atoms with Gasteiger partial charge in [-0.05, 0) is 30.2 Å². The van der Waals surface area contributed by atoms with Crippen molar-refractivity contribution in [1.29, 1.82) is 0 Å². The highest BCUT2D eigenvalue weighted by atomic mass is 16.5. The van der Waals surface area contributed by atoms with E-state index in [1.807, 2.05) is 25.1 Å². The lowest BCUT2D eigenvalue weighted by atomic mass is 10.1. The van der Waals surface area contributed by atoms with Crippen LogP contribution in [0.4, 0.5) is 11.6 Å². The normalized spacial score (nSPS) is 11.8. The monoisotopic (exact) mass is 398 g/mol. The highest BCUT2D eigenvalue weighted by molar-refractivity contribution is 5.78. The third-order valence-corrected chi connectivity index (χ3v) is 3.96. The highest BCUT2D eigenvalue weighted by Gasteiger charge is 2.13. The number of benzene rings is 1. The Morgan fingerprint density at radius 3 is 2.93 bits per heavy atom. The molecule has 1 amide bonds. The van der Waals surface area contributed by atoms with Crippen molar-refractivity contribution in [3.8, 4) is 17.0 Å². The Morgan fingerprint density at radius 2 is 2.17 bits per heavy atom. The molecule has 3 rings (SSSR count). The number of anilines is 2. The number of hydrogen-bond acceptors (Lipinski definition) is 8. The number of aromatic nitrogens is 4. The van der Waals surface area contributed by atoms with Gasteiger partial charge in [-0.2, -0.15) is 10.1 Å². The molecule has 1 atom stereocenters. The molecule has 3 aromatic rings. The van der Waals surface area contributed by atoms with E-state index in [2.05, 4.69) is 20.4 Å². The van der Waals surface area contributed by atoms with Crippen LogP contribution in [0, 0.1) is 6.92 Å². The summed E-state index contributed by atoms with van der Waals surface area (Å²) in [6, 6.07) is 7.44. The van der Waals surface area contributed by atoms with Gasteiger partial charge in [-0.15, -0.1) is 0 Å². The minimum absolute atomic E-state index is 0.0132. The Balaban J connectivity index is 1.78. The molecule has 0 spiro atoms. The number of amides is 1. The van der Waals surface area contributed by atoms with Crippen molar-refractivity contribution in [3.63, 3.8) is 0 Å². The SMILES string of the molecule is Cc1cc(Nc2nccc(OCCO)n2)cc(-c2cnn(C[C@H](O)C(N)=O)c2)c1. The van der Waals surface area contributed by atoms with E-state index < -0.39 is 12.0 Å². The van der Waals surface area contributed by atoms with Crippen LogP contribution in [0.2, 0.25) is 0 Å². The van der Waals surface area contributed by atoms with E-state index in [-0.39, 0.29) is 19.8 Å². The van der Waals surface area contributed by atoms with Gasteiger partial charge in [0.25, 0.3) is 0 Å². The van der Waals surface area contributed by atoms with Crippen LogP contribution in [0.3, 0.4) is 0 Å². The predicted octanol–water partition coefficient (Wildman–Crippen LogP) is 0.609. The summed E-state index contributed by atoms with van der Waals surface area (Å²) in [6.45, 7) is 2.00. The lowest BCUT2D eigenvalue weighted by Crippen LogP contribution is -2.32. The molecular weight excluding hydrogens is 376 g/mol. The number of primary amides is 1. The molecule has 0 saturated carbocycles. The molecule has 0 fully saturated rings. The number of carbonyl (C=O) groups is 1. The van der Waals surface area contributed by atoms with Crippen LogP contribution < -0.4 is 15.8 Å². The third-order valence-electron chi connectivity index (χ3n) is 3.96. The first-order valence-corrected chi connectivity index (χ1v) is 8.90. The third kappa shape index (κ3) is 5.50. The van der Waals surface area contributed by atoms with Gasteiger partial charge in [0, 0.05) is 29.7 Å². The molecule has 10 heteroatoms. The largest absolute Gasteiger partial charge is 0.475 e. The first-order chi connectivity index (χ1) is 13.9. The second-order valence-corrected chi connectivity index (χ2v) is 6.37. The average molecular weight is 398 g/mol. The van der Waals surface area contributed by atoms with Gasteiger partial charge in [-0.25, -0.2) is 4.98 Å². The summed E-state index contributed by atoms with van der Waals surface area (Å²) in [5.41, 5.74) is 8.55. The van der Waals surface area contributed by atoms with Crippen LogP contribution in [-0.2, 0) is 11.3 Å². The summed E-state index contributed by atoms with van der Waals surface area (Å²) in [5.74, 6) is -0.0785. The second kappa shape index (κ2) is 9.13. The summed E-state index contributed by atoms with van der Waals surface area (Å²) in [7, 11) is 0. The molecule has 0 radical (unpaired) electrons. The summed E-state index contributed by atoms with van der Waals surface area (Å²) >= 11 is 0. The number of hydrogen-bond donors (Lipinski definition) is 4. The van der Waals surface area contributed by atoms with Crippen molar-refractivity contribution >= 4 is 17.5 Å². The van der Waals surface area contributed by atoms with Gasteiger partial charge in [0.05, 0.1) is 19.3 Å². The standard InChI is InChI=1S/C19H22N6O4/c1-12-6-13(14-9-22-25(10-14)11-16(27)18(20)28)8-15(7-12)23-19-21-3-2-17(24-19)29-5-4-26/h2-3,6-10,16,26-27H,4-5,11H2,1H3,(H2,20,28)(H,21,23,24)/t16-/m0/s1. The molecule has 152 valence electrons. The number of rotatable bonds is 9. The van der Waals surface area contributed by atoms with E-state index in [1.165, 1.54) is 4.68 Å². The van der Waals surface area contributed by atoms with Crippen LogP contribution in [0.25, 0.3) is 11.1 Å². The Kier molecular flexibility index (Phi) is 6.37. The van der Waals surface area contributed by atoms with Gasteiger partial charge < -0.3 is 26.0 Å². The van der Waals surface area contributed by atoms with Crippen molar-refractivity contribution < 1.29 is 19.7 Å². The molecule has 0 unspecified atom stereocenters. The van der Waals surface area contributed by atoms with Crippen LogP contribution >= 0.6 is 0 Å². The van der Waals surface area contributed by atoms with Crippen molar-refractivity contribution in [2.45, 2.75) is 19.6 Å². The van der Waals surface area contributed by atoms with Gasteiger partial charge in [-0.3, -0.25) is 9.48 Å². The van der Waals surface area contributed by atoms with Gasteiger partial charge in [0.1, 0.15) is 6.61 Å². The quantitative estimate of drug-likeness (QED) is 0.410. The number of nitrogens with zero attached hydrogens (tertiary/aromatic N) is 4. The molecule has 5 N–H and O–H groups in total. The Morgan fingerprint density at radius 1 is 1.34 bits per heavy atom. The summed E-state index contributed by atoms with van der Waals surface area (Å²) in [5, 5.41) is 25.8. The molecule has 0 aliphatic carbocycles. The van der Waals surface area contributed by atoms with Crippen molar-refractivity contribution in [3.05, 3.63) is 48.4 Å². The molecule has 2 heterocycles. The lowest BCUT2D eigenvalue weighted by Gasteiger charge is -2.10. The molecule has 0 aliphatic heterocycles. The van der Waals surface area contributed by atoms with E-state index >= 15 is 0 Å². The first kappa shape index (κ1) is 20.2. The van der Waals surface area contributed by atoms with Crippen LogP contribution in [0.15, 0.2) is 42.9 Å².